The first-order valence-corrected chi connectivity index (χ1v) is 12.3. The van der Waals surface area contributed by atoms with Gasteiger partial charge in [0.1, 0.15) is 5.75 Å². The Morgan fingerprint density at radius 1 is 0.919 bits per heavy atom. The van der Waals surface area contributed by atoms with Crippen molar-refractivity contribution in [3.63, 3.8) is 0 Å². The second-order valence-electron chi connectivity index (χ2n) is 8.95. The second kappa shape index (κ2) is 12.9. The van der Waals surface area contributed by atoms with Crippen molar-refractivity contribution in [1.82, 2.24) is 5.32 Å². The number of carboxylic acid groups (broad SMARTS) is 2. The molecule has 3 aromatic carbocycles. The number of aliphatic carboxylic acids is 2. The Kier molecular flexibility index (Phi) is 9.69. The molecule has 0 spiro atoms. The van der Waals surface area contributed by atoms with Crippen LogP contribution < -0.4 is 10.1 Å². The number of carboxylic acids is 2. The standard InChI is InChI=1S/C29H30ClNO6/c1-18(31-27(32)16-22(29(35)36)17-28(33)34)25(15-19-7-13-23(30)14-8-19)21-11-9-20(10-12-21)24-5-3-4-6-26(24)37-2/h3-14,18,22,25H,15-17H2,1-2H3,(H,31,32)(H,33,34)(H,35,36). The smallest absolute Gasteiger partial charge is 0.307 e. The van der Waals surface area contributed by atoms with E-state index < -0.39 is 36.6 Å². The molecule has 0 saturated heterocycles. The van der Waals surface area contributed by atoms with E-state index in [1.54, 1.807) is 7.11 Å². The minimum absolute atomic E-state index is 0.139. The summed E-state index contributed by atoms with van der Waals surface area (Å²) in [4.78, 5) is 35.1. The fraction of sp³-hybridized carbons (Fsp3) is 0.276. The topological polar surface area (TPSA) is 113 Å². The zero-order valence-electron chi connectivity index (χ0n) is 20.7. The van der Waals surface area contributed by atoms with E-state index in [1.807, 2.05) is 79.7 Å². The Morgan fingerprint density at radius 2 is 1.57 bits per heavy atom. The molecule has 0 heterocycles. The minimum Gasteiger partial charge on any atom is -0.496 e. The number of hydrogen-bond acceptors (Lipinski definition) is 4. The molecule has 3 aromatic rings. The molecule has 1 amide bonds. The average Bonchev–Trinajstić information content (AvgIpc) is 2.87. The number of carbonyl (C=O) groups excluding carboxylic acids is 1. The van der Waals surface area contributed by atoms with Crippen LogP contribution in [0.3, 0.4) is 0 Å². The maximum Gasteiger partial charge on any atom is 0.307 e. The maximum atomic E-state index is 12.7. The largest absolute Gasteiger partial charge is 0.496 e. The van der Waals surface area contributed by atoms with Crippen molar-refractivity contribution in [2.24, 2.45) is 5.92 Å². The van der Waals surface area contributed by atoms with E-state index in [2.05, 4.69) is 5.32 Å². The highest BCUT2D eigenvalue weighted by atomic mass is 35.5. The molecule has 3 atom stereocenters. The molecule has 37 heavy (non-hydrogen) atoms. The molecule has 0 saturated carbocycles. The Hall–Kier alpha value is -3.84. The first-order chi connectivity index (χ1) is 17.7. The van der Waals surface area contributed by atoms with Crippen molar-refractivity contribution in [3.8, 4) is 16.9 Å². The van der Waals surface area contributed by atoms with Crippen LogP contribution >= 0.6 is 11.6 Å². The number of benzene rings is 3. The van der Waals surface area contributed by atoms with Gasteiger partial charge in [0.2, 0.25) is 5.91 Å². The normalized spacial score (nSPS) is 13.3. The third-order valence-electron chi connectivity index (χ3n) is 6.32. The molecule has 7 nitrogen and oxygen atoms in total. The Balaban J connectivity index is 1.84. The number of methoxy groups -OCH3 is 1. The van der Waals surface area contributed by atoms with Crippen LogP contribution in [0.1, 0.15) is 36.8 Å². The zero-order chi connectivity index (χ0) is 26.9. The summed E-state index contributed by atoms with van der Waals surface area (Å²) < 4.78 is 5.48. The van der Waals surface area contributed by atoms with Crippen LogP contribution in [-0.2, 0) is 20.8 Å². The number of nitrogens with one attached hydrogen (secondary N) is 1. The zero-order valence-corrected chi connectivity index (χ0v) is 21.4. The predicted octanol–water partition coefficient (Wildman–Crippen LogP) is 5.41. The van der Waals surface area contributed by atoms with Gasteiger partial charge in [0.05, 0.1) is 19.4 Å². The minimum atomic E-state index is -1.31. The summed E-state index contributed by atoms with van der Waals surface area (Å²) >= 11 is 6.05. The average molecular weight is 524 g/mol. The van der Waals surface area contributed by atoms with Gasteiger partial charge in [-0.05, 0) is 48.2 Å². The van der Waals surface area contributed by atoms with Crippen LogP contribution in [-0.4, -0.2) is 41.2 Å². The van der Waals surface area contributed by atoms with E-state index in [1.165, 1.54) is 0 Å². The lowest BCUT2D eigenvalue weighted by atomic mass is 9.85. The van der Waals surface area contributed by atoms with Crippen LogP contribution in [0.25, 0.3) is 11.1 Å². The quantitative estimate of drug-likeness (QED) is 0.292. The molecule has 0 bridgehead atoms. The lowest BCUT2D eigenvalue weighted by Gasteiger charge is -2.26. The number of halogens is 1. The van der Waals surface area contributed by atoms with Gasteiger partial charge in [-0.15, -0.1) is 0 Å². The van der Waals surface area contributed by atoms with E-state index in [9.17, 15) is 19.5 Å². The summed E-state index contributed by atoms with van der Waals surface area (Å²) in [5.74, 6) is -3.74. The highest BCUT2D eigenvalue weighted by Crippen LogP contribution is 2.32. The summed E-state index contributed by atoms with van der Waals surface area (Å²) in [6, 6.07) is 22.9. The summed E-state index contributed by atoms with van der Waals surface area (Å²) in [7, 11) is 1.63. The fourth-order valence-electron chi connectivity index (χ4n) is 4.35. The number of hydrogen-bond donors (Lipinski definition) is 3. The van der Waals surface area contributed by atoms with Crippen molar-refractivity contribution >= 4 is 29.4 Å². The number of rotatable bonds is 12. The molecule has 194 valence electrons. The molecule has 3 unspecified atom stereocenters. The van der Waals surface area contributed by atoms with E-state index in [4.69, 9.17) is 21.4 Å². The molecule has 3 rings (SSSR count). The monoisotopic (exact) mass is 523 g/mol. The van der Waals surface area contributed by atoms with Gasteiger partial charge in [-0.25, -0.2) is 0 Å². The molecule has 0 aliphatic heterocycles. The molecule has 0 fully saturated rings. The summed E-state index contributed by atoms with van der Waals surface area (Å²) in [6.45, 7) is 1.86. The molecule has 0 aromatic heterocycles. The summed E-state index contributed by atoms with van der Waals surface area (Å²) in [5.41, 5.74) is 3.96. The molecule has 0 radical (unpaired) electrons. The van der Waals surface area contributed by atoms with Gasteiger partial charge in [-0.2, -0.15) is 0 Å². The van der Waals surface area contributed by atoms with Gasteiger partial charge >= 0.3 is 11.9 Å². The van der Waals surface area contributed by atoms with E-state index in [0.717, 1.165) is 28.0 Å². The fourth-order valence-corrected chi connectivity index (χ4v) is 4.47. The Bertz CT molecular complexity index is 1230. The highest BCUT2D eigenvalue weighted by molar-refractivity contribution is 6.30. The van der Waals surface area contributed by atoms with Gasteiger partial charge in [-0.1, -0.05) is 66.2 Å². The van der Waals surface area contributed by atoms with Crippen LogP contribution in [0.2, 0.25) is 5.02 Å². The SMILES string of the molecule is COc1ccccc1-c1ccc(C(Cc2ccc(Cl)cc2)C(C)NC(=O)CC(CC(=O)O)C(=O)O)cc1. The van der Waals surface area contributed by atoms with Gasteiger partial charge in [-0.3, -0.25) is 14.4 Å². The number of amides is 1. The molecule has 0 aliphatic carbocycles. The van der Waals surface area contributed by atoms with Gasteiger partial charge in [0.25, 0.3) is 0 Å². The lowest BCUT2D eigenvalue weighted by molar-refractivity contribution is -0.149. The third kappa shape index (κ3) is 7.82. The van der Waals surface area contributed by atoms with Gasteiger partial charge in [0, 0.05) is 29.0 Å². The highest BCUT2D eigenvalue weighted by Gasteiger charge is 2.27. The summed E-state index contributed by atoms with van der Waals surface area (Å²) in [5, 5.41) is 21.8. The van der Waals surface area contributed by atoms with Crippen LogP contribution in [0.4, 0.5) is 0 Å². The van der Waals surface area contributed by atoms with Crippen molar-refractivity contribution in [3.05, 3.63) is 88.9 Å². The number of carbonyl (C=O) groups is 3. The molecular formula is C29H30ClNO6. The van der Waals surface area contributed by atoms with E-state index in [0.29, 0.717) is 11.4 Å². The van der Waals surface area contributed by atoms with Crippen LogP contribution in [0, 0.1) is 5.92 Å². The molecule has 3 N–H and O–H groups in total. The summed E-state index contributed by atoms with van der Waals surface area (Å²) in [6.07, 6.45) is -0.424. The van der Waals surface area contributed by atoms with E-state index >= 15 is 0 Å². The first kappa shape index (κ1) is 27.7. The van der Waals surface area contributed by atoms with Crippen molar-refractivity contribution < 1.29 is 29.3 Å². The molecular weight excluding hydrogens is 494 g/mol. The predicted molar refractivity (Wildman–Crippen MR) is 142 cm³/mol. The molecule has 8 heteroatoms. The second-order valence-corrected chi connectivity index (χ2v) is 9.39. The maximum absolute atomic E-state index is 12.7. The lowest BCUT2D eigenvalue weighted by Crippen LogP contribution is -2.39. The van der Waals surface area contributed by atoms with Crippen LogP contribution in [0.5, 0.6) is 5.75 Å². The number of ether oxygens (including phenoxy) is 1. The van der Waals surface area contributed by atoms with Gasteiger partial charge < -0.3 is 20.3 Å². The third-order valence-corrected chi connectivity index (χ3v) is 6.57. The Labute approximate surface area is 221 Å². The van der Waals surface area contributed by atoms with Crippen molar-refractivity contribution in [1.29, 1.82) is 0 Å². The van der Waals surface area contributed by atoms with Crippen LogP contribution in [0.15, 0.2) is 72.8 Å². The first-order valence-electron chi connectivity index (χ1n) is 11.9. The van der Waals surface area contributed by atoms with Gasteiger partial charge in [0.15, 0.2) is 0 Å². The Morgan fingerprint density at radius 3 is 2.16 bits per heavy atom. The number of para-hydroxylation sites is 1. The van der Waals surface area contributed by atoms with Crippen molar-refractivity contribution in [2.75, 3.05) is 7.11 Å². The molecule has 0 aliphatic rings. The van der Waals surface area contributed by atoms with Crippen molar-refractivity contribution in [2.45, 2.75) is 38.1 Å². The van der Waals surface area contributed by atoms with E-state index in [-0.39, 0.29) is 12.0 Å².